The van der Waals surface area contributed by atoms with E-state index in [0.717, 1.165) is 11.1 Å². The molecule has 0 saturated carbocycles. The summed E-state index contributed by atoms with van der Waals surface area (Å²) in [6.45, 7) is 3.71. The van der Waals surface area contributed by atoms with Gasteiger partial charge in [-0.05, 0) is 50.2 Å². The second-order valence-electron chi connectivity index (χ2n) is 7.84. The van der Waals surface area contributed by atoms with Crippen LogP contribution in [0.4, 0.5) is 0 Å². The Kier molecular flexibility index (Phi) is 6.26. The molecule has 6 nitrogen and oxygen atoms in total. The van der Waals surface area contributed by atoms with Gasteiger partial charge in [-0.1, -0.05) is 59.1 Å². The van der Waals surface area contributed by atoms with Gasteiger partial charge in [-0.15, -0.1) is 0 Å². The van der Waals surface area contributed by atoms with E-state index in [4.69, 9.17) is 11.6 Å². The molecule has 0 unspecified atom stereocenters. The van der Waals surface area contributed by atoms with Gasteiger partial charge in [0, 0.05) is 16.8 Å². The summed E-state index contributed by atoms with van der Waals surface area (Å²) in [4.78, 5) is 0.289. The summed E-state index contributed by atoms with van der Waals surface area (Å²) >= 11 is 6.02. The number of rotatable bonds is 5. The molecule has 3 aromatic carbocycles. The summed E-state index contributed by atoms with van der Waals surface area (Å²) in [5.41, 5.74) is 2.69. The standard InChI is InChI=1S/C24H23ClN2O4S2/c1-18-3-11-22(12-4-18)32(28,29)26-15-16-27(24(17-26)20-7-9-21(25)10-8-20)33(30,31)23-13-5-19(2)6-14-23/h3-14,17H,15-16H2,1-2H3. The topological polar surface area (TPSA) is 74.8 Å². The molecule has 0 aromatic heterocycles. The number of halogens is 1. The molecule has 0 atom stereocenters. The van der Waals surface area contributed by atoms with Gasteiger partial charge in [-0.25, -0.2) is 16.8 Å². The van der Waals surface area contributed by atoms with Crippen LogP contribution in [0.1, 0.15) is 16.7 Å². The predicted molar refractivity (Wildman–Crippen MR) is 130 cm³/mol. The highest BCUT2D eigenvalue weighted by Gasteiger charge is 2.34. The van der Waals surface area contributed by atoms with Gasteiger partial charge in [0.1, 0.15) is 0 Å². The van der Waals surface area contributed by atoms with Crippen LogP contribution in [0.3, 0.4) is 0 Å². The first-order valence-electron chi connectivity index (χ1n) is 10.2. The summed E-state index contributed by atoms with van der Waals surface area (Å²) in [5, 5.41) is 0.493. The fourth-order valence-electron chi connectivity index (χ4n) is 3.54. The highest BCUT2D eigenvalue weighted by Crippen LogP contribution is 2.32. The van der Waals surface area contributed by atoms with Crippen molar-refractivity contribution in [1.82, 2.24) is 8.61 Å². The van der Waals surface area contributed by atoms with E-state index in [1.807, 2.05) is 13.8 Å². The maximum Gasteiger partial charge on any atom is 0.264 e. The minimum atomic E-state index is -3.91. The van der Waals surface area contributed by atoms with Crippen LogP contribution in [0.25, 0.3) is 5.70 Å². The van der Waals surface area contributed by atoms with Crippen molar-refractivity contribution in [2.75, 3.05) is 13.1 Å². The molecule has 0 spiro atoms. The van der Waals surface area contributed by atoms with Crippen molar-refractivity contribution in [3.8, 4) is 0 Å². The maximum atomic E-state index is 13.5. The van der Waals surface area contributed by atoms with Gasteiger partial charge in [0.25, 0.3) is 20.0 Å². The summed E-state index contributed by atoms with van der Waals surface area (Å²) in [7, 11) is -7.77. The molecule has 33 heavy (non-hydrogen) atoms. The van der Waals surface area contributed by atoms with E-state index in [1.165, 1.54) is 14.8 Å². The number of sulfonamides is 2. The molecule has 0 radical (unpaired) electrons. The van der Waals surface area contributed by atoms with Gasteiger partial charge in [-0.3, -0.25) is 8.61 Å². The van der Waals surface area contributed by atoms with E-state index < -0.39 is 20.0 Å². The Morgan fingerprint density at radius 2 is 1.15 bits per heavy atom. The number of benzene rings is 3. The minimum Gasteiger partial charge on any atom is -0.269 e. The third-order valence-electron chi connectivity index (χ3n) is 5.43. The molecule has 4 rings (SSSR count). The highest BCUT2D eigenvalue weighted by molar-refractivity contribution is 7.90. The molecule has 3 aromatic rings. The molecule has 1 aliphatic heterocycles. The van der Waals surface area contributed by atoms with Crippen molar-refractivity contribution in [2.24, 2.45) is 0 Å². The molecule has 9 heteroatoms. The zero-order valence-electron chi connectivity index (χ0n) is 18.1. The maximum absolute atomic E-state index is 13.5. The number of hydrogen-bond donors (Lipinski definition) is 0. The lowest BCUT2D eigenvalue weighted by molar-refractivity contribution is 0.421. The van der Waals surface area contributed by atoms with Gasteiger partial charge in [0.2, 0.25) is 0 Å². The van der Waals surface area contributed by atoms with Crippen LogP contribution in [0.15, 0.2) is 88.8 Å². The van der Waals surface area contributed by atoms with Gasteiger partial charge in [0.05, 0.1) is 28.6 Å². The molecule has 0 N–H and O–H groups in total. The van der Waals surface area contributed by atoms with Crippen LogP contribution >= 0.6 is 11.6 Å². The van der Waals surface area contributed by atoms with Crippen LogP contribution in [0.2, 0.25) is 5.02 Å². The highest BCUT2D eigenvalue weighted by atomic mass is 35.5. The van der Waals surface area contributed by atoms with Crippen LogP contribution in [0.5, 0.6) is 0 Å². The van der Waals surface area contributed by atoms with Crippen LogP contribution in [-0.4, -0.2) is 38.5 Å². The zero-order chi connectivity index (χ0) is 23.8. The monoisotopic (exact) mass is 502 g/mol. The van der Waals surface area contributed by atoms with Crippen molar-refractivity contribution >= 4 is 37.3 Å². The molecular weight excluding hydrogens is 480 g/mol. The number of aryl methyl sites for hydroxylation is 2. The number of nitrogens with zero attached hydrogens (tertiary/aromatic N) is 2. The second-order valence-corrected chi connectivity index (χ2v) is 12.0. The lowest BCUT2D eigenvalue weighted by atomic mass is 10.1. The van der Waals surface area contributed by atoms with E-state index in [9.17, 15) is 16.8 Å². The smallest absolute Gasteiger partial charge is 0.264 e. The van der Waals surface area contributed by atoms with Crippen LogP contribution < -0.4 is 0 Å². The van der Waals surface area contributed by atoms with Gasteiger partial charge in [0.15, 0.2) is 0 Å². The molecule has 0 bridgehead atoms. The number of hydrogen-bond acceptors (Lipinski definition) is 4. The van der Waals surface area contributed by atoms with E-state index in [2.05, 4.69) is 0 Å². The third kappa shape index (κ3) is 4.64. The van der Waals surface area contributed by atoms with Crippen molar-refractivity contribution in [3.63, 3.8) is 0 Å². The first-order chi connectivity index (χ1) is 15.6. The average molecular weight is 503 g/mol. The predicted octanol–water partition coefficient (Wildman–Crippen LogP) is 4.65. The summed E-state index contributed by atoms with van der Waals surface area (Å²) < 4.78 is 56.0. The second kappa shape index (κ2) is 8.85. The normalized spacial score (nSPS) is 14.8. The Labute approximate surface area is 199 Å². The molecule has 0 amide bonds. The average Bonchev–Trinajstić information content (AvgIpc) is 2.80. The molecule has 0 aliphatic carbocycles. The van der Waals surface area contributed by atoms with E-state index in [1.54, 1.807) is 72.8 Å². The molecular formula is C24H23ClN2O4S2. The molecule has 0 fully saturated rings. The van der Waals surface area contributed by atoms with Crippen molar-refractivity contribution in [2.45, 2.75) is 23.6 Å². The van der Waals surface area contributed by atoms with E-state index >= 15 is 0 Å². The Morgan fingerprint density at radius 3 is 1.67 bits per heavy atom. The Morgan fingerprint density at radius 1 is 0.667 bits per heavy atom. The first kappa shape index (κ1) is 23.4. The fraction of sp³-hybridized carbons (Fsp3) is 0.167. The summed E-state index contributed by atoms with van der Waals surface area (Å²) in [6.07, 6.45) is 1.38. The van der Waals surface area contributed by atoms with Crippen molar-refractivity contribution in [1.29, 1.82) is 0 Å². The zero-order valence-corrected chi connectivity index (χ0v) is 20.5. The van der Waals surface area contributed by atoms with Crippen molar-refractivity contribution < 1.29 is 16.8 Å². The van der Waals surface area contributed by atoms with Crippen LogP contribution in [0, 0.1) is 13.8 Å². The Hall–Kier alpha value is -2.81. The largest absolute Gasteiger partial charge is 0.269 e. The first-order valence-corrected chi connectivity index (χ1v) is 13.5. The molecule has 0 saturated heterocycles. The Balaban J connectivity index is 1.82. The van der Waals surface area contributed by atoms with Gasteiger partial charge >= 0.3 is 0 Å². The minimum absolute atomic E-state index is 0.0155. The lowest BCUT2D eigenvalue weighted by Crippen LogP contribution is -2.43. The van der Waals surface area contributed by atoms with Crippen molar-refractivity contribution in [3.05, 3.63) is 101 Å². The SMILES string of the molecule is Cc1ccc(S(=O)(=O)N2C=C(c3ccc(Cl)cc3)N(S(=O)(=O)c3ccc(C)cc3)CC2)cc1. The fourth-order valence-corrected chi connectivity index (χ4v) is 6.44. The van der Waals surface area contributed by atoms with Gasteiger partial charge in [-0.2, -0.15) is 0 Å². The molecule has 1 heterocycles. The van der Waals surface area contributed by atoms with Crippen LogP contribution in [-0.2, 0) is 20.0 Å². The lowest BCUT2D eigenvalue weighted by Gasteiger charge is -2.35. The third-order valence-corrected chi connectivity index (χ3v) is 9.29. The molecule has 172 valence electrons. The van der Waals surface area contributed by atoms with E-state index in [0.29, 0.717) is 10.6 Å². The Bertz CT molecular complexity index is 1400. The van der Waals surface area contributed by atoms with E-state index in [-0.39, 0.29) is 28.6 Å². The quantitative estimate of drug-likeness (QED) is 0.509. The molecule has 1 aliphatic rings. The summed E-state index contributed by atoms with van der Waals surface area (Å²) in [5.74, 6) is 0. The summed E-state index contributed by atoms with van der Waals surface area (Å²) in [6, 6.07) is 19.8. The van der Waals surface area contributed by atoms with Gasteiger partial charge < -0.3 is 0 Å².